The molecule has 1 fully saturated rings. The first-order chi connectivity index (χ1) is 12.5. The van der Waals surface area contributed by atoms with Gasteiger partial charge >= 0.3 is 11.9 Å². The van der Waals surface area contributed by atoms with E-state index in [1.807, 2.05) is 0 Å². The third-order valence-electron chi connectivity index (χ3n) is 4.53. The highest BCUT2D eigenvalue weighted by molar-refractivity contribution is 5.92. The van der Waals surface area contributed by atoms with Crippen LogP contribution < -0.4 is 11.1 Å². The van der Waals surface area contributed by atoms with E-state index in [2.05, 4.69) is 5.32 Å². The van der Waals surface area contributed by atoms with Crippen molar-refractivity contribution < 1.29 is 23.9 Å². The highest BCUT2D eigenvalue weighted by atomic mass is 16.5. The van der Waals surface area contributed by atoms with Gasteiger partial charge in [0.15, 0.2) is 0 Å². The van der Waals surface area contributed by atoms with E-state index < -0.39 is 23.7 Å². The van der Waals surface area contributed by atoms with Crippen molar-refractivity contribution in [3.05, 3.63) is 29.8 Å². The van der Waals surface area contributed by atoms with Crippen LogP contribution in [0.3, 0.4) is 0 Å². The van der Waals surface area contributed by atoms with Gasteiger partial charge in [-0.1, -0.05) is 12.1 Å². The lowest BCUT2D eigenvalue weighted by atomic mass is 9.84. The Kier molecular flexibility index (Phi) is 7.15. The zero-order valence-corrected chi connectivity index (χ0v) is 15.2. The second kappa shape index (κ2) is 9.33. The minimum absolute atomic E-state index is 0.0228. The second-order valence-electron chi connectivity index (χ2n) is 6.27. The van der Waals surface area contributed by atoms with Crippen LogP contribution in [-0.2, 0) is 23.9 Å². The molecule has 0 aliphatic carbocycles. The van der Waals surface area contributed by atoms with Gasteiger partial charge in [0.25, 0.3) is 0 Å². The van der Waals surface area contributed by atoms with Crippen LogP contribution in [0.1, 0.15) is 31.7 Å². The molecule has 0 amide bonds. The van der Waals surface area contributed by atoms with Gasteiger partial charge in [0.2, 0.25) is 0 Å². The van der Waals surface area contributed by atoms with Crippen molar-refractivity contribution in [2.24, 2.45) is 11.8 Å². The minimum atomic E-state index is -0.716. The number of ether oxygens (including phenoxy) is 2. The molecule has 0 radical (unpaired) electrons. The number of benzene rings is 1. The molecule has 7 heteroatoms. The smallest absolute Gasteiger partial charge is 0.313 e. The van der Waals surface area contributed by atoms with Crippen LogP contribution in [0.4, 0.5) is 5.69 Å². The maximum Gasteiger partial charge on any atom is 0.313 e. The summed E-state index contributed by atoms with van der Waals surface area (Å²) in [7, 11) is 0. The molecule has 1 aromatic carbocycles. The summed E-state index contributed by atoms with van der Waals surface area (Å²) in [5, 5.41) is 3.06. The van der Waals surface area contributed by atoms with Crippen molar-refractivity contribution in [2.75, 3.05) is 32.0 Å². The molecule has 3 unspecified atom stereocenters. The number of ketones is 1. The zero-order valence-electron chi connectivity index (χ0n) is 15.2. The number of nitrogens with two attached hydrogens (primary N) is 1. The summed E-state index contributed by atoms with van der Waals surface area (Å²) < 4.78 is 10.2. The predicted molar refractivity (Wildman–Crippen MR) is 96.3 cm³/mol. The molecule has 0 aromatic heterocycles. The van der Waals surface area contributed by atoms with Crippen molar-refractivity contribution in [3.63, 3.8) is 0 Å². The molecular formula is C19H26N2O5. The van der Waals surface area contributed by atoms with E-state index >= 15 is 0 Å². The number of anilines is 1. The largest absolute Gasteiger partial charge is 0.466 e. The van der Waals surface area contributed by atoms with Crippen LogP contribution in [0.2, 0.25) is 0 Å². The molecule has 26 heavy (non-hydrogen) atoms. The molecular weight excluding hydrogens is 336 g/mol. The second-order valence-corrected chi connectivity index (χ2v) is 6.27. The van der Waals surface area contributed by atoms with Gasteiger partial charge in [-0.25, -0.2) is 0 Å². The standard InChI is InChI=1S/C19H26N2O5/c1-3-25-18(23)14(12-5-7-13(20)8-6-12)9-17(22)15-10-21-11-16(15)19(24)26-4-2/h5-8,14-16,21H,3-4,9-11,20H2,1-2H3. The van der Waals surface area contributed by atoms with Crippen molar-refractivity contribution in [2.45, 2.75) is 26.2 Å². The third kappa shape index (κ3) is 4.82. The van der Waals surface area contributed by atoms with E-state index in [0.29, 0.717) is 24.3 Å². The number of carbonyl (C=O) groups excluding carboxylic acids is 3. The molecule has 7 nitrogen and oxygen atoms in total. The van der Waals surface area contributed by atoms with Crippen LogP contribution in [0.5, 0.6) is 0 Å². The molecule has 1 aromatic rings. The first kappa shape index (κ1) is 19.9. The summed E-state index contributed by atoms with van der Waals surface area (Å²) in [4.78, 5) is 37.3. The fraction of sp³-hybridized carbons (Fsp3) is 0.526. The van der Waals surface area contributed by atoms with Crippen LogP contribution in [0, 0.1) is 11.8 Å². The SMILES string of the molecule is CCOC(=O)C(CC(=O)C1CNCC1C(=O)OCC)c1ccc(N)cc1. The van der Waals surface area contributed by atoms with Crippen LogP contribution >= 0.6 is 0 Å². The number of esters is 2. The fourth-order valence-corrected chi connectivity index (χ4v) is 3.17. The summed E-state index contributed by atoms with van der Waals surface area (Å²) in [6.45, 7) is 4.76. The lowest BCUT2D eigenvalue weighted by Gasteiger charge is -2.20. The maximum absolute atomic E-state index is 12.8. The molecule has 0 saturated carbocycles. The summed E-state index contributed by atoms with van der Waals surface area (Å²) >= 11 is 0. The number of Topliss-reactive ketones (excluding diaryl/α,β-unsaturated/α-hetero) is 1. The monoisotopic (exact) mass is 362 g/mol. The van der Waals surface area contributed by atoms with Gasteiger partial charge in [0.05, 0.1) is 25.0 Å². The summed E-state index contributed by atoms with van der Waals surface area (Å²) in [6, 6.07) is 6.81. The fourth-order valence-electron chi connectivity index (χ4n) is 3.17. The Labute approximate surface area is 153 Å². The third-order valence-corrected chi connectivity index (χ3v) is 4.53. The number of nitrogen functional groups attached to an aromatic ring is 1. The highest BCUT2D eigenvalue weighted by Gasteiger charge is 2.40. The Morgan fingerprint density at radius 2 is 1.69 bits per heavy atom. The average Bonchev–Trinajstić information content (AvgIpc) is 3.11. The van der Waals surface area contributed by atoms with Gasteiger partial charge in [-0.05, 0) is 31.5 Å². The van der Waals surface area contributed by atoms with Gasteiger partial charge in [-0.3, -0.25) is 14.4 Å². The predicted octanol–water partition coefficient (Wildman–Crippen LogP) is 1.27. The summed E-state index contributed by atoms with van der Waals surface area (Å²) in [5.74, 6) is -2.72. The van der Waals surface area contributed by atoms with Gasteiger partial charge in [0, 0.05) is 31.1 Å². The van der Waals surface area contributed by atoms with Gasteiger partial charge in [-0.15, -0.1) is 0 Å². The highest BCUT2D eigenvalue weighted by Crippen LogP contribution is 2.28. The first-order valence-corrected chi connectivity index (χ1v) is 8.90. The van der Waals surface area contributed by atoms with E-state index in [4.69, 9.17) is 15.2 Å². The van der Waals surface area contributed by atoms with Crippen molar-refractivity contribution in [1.29, 1.82) is 0 Å². The van der Waals surface area contributed by atoms with Gasteiger partial charge in [-0.2, -0.15) is 0 Å². The lowest BCUT2D eigenvalue weighted by Crippen LogP contribution is -2.32. The molecule has 3 N–H and O–H groups in total. The van der Waals surface area contributed by atoms with Crippen LogP contribution in [-0.4, -0.2) is 44.0 Å². The molecule has 0 spiro atoms. The summed E-state index contributed by atoms with van der Waals surface area (Å²) in [5.41, 5.74) is 6.94. The quantitative estimate of drug-likeness (QED) is 0.530. The van der Waals surface area contributed by atoms with Crippen molar-refractivity contribution in [1.82, 2.24) is 5.32 Å². The molecule has 1 aliphatic rings. The topological polar surface area (TPSA) is 108 Å². The van der Waals surface area contributed by atoms with Gasteiger partial charge in [0.1, 0.15) is 5.78 Å². The number of hydrogen-bond donors (Lipinski definition) is 2. The van der Waals surface area contributed by atoms with E-state index in [1.54, 1.807) is 38.1 Å². The van der Waals surface area contributed by atoms with Gasteiger partial charge < -0.3 is 20.5 Å². The molecule has 1 heterocycles. The molecule has 2 rings (SSSR count). The van der Waals surface area contributed by atoms with E-state index in [9.17, 15) is 14.4 Å². The molecule has 3 atom stereocenters. The zero-order chi connectivity index (χ0) is 19.1. The van der Waals surface area contributed by atoms with Crippen LogP contribution in [0.25, 0.3) is 0 Å². The van der Waals surface area contributed by atoms with E-state index in [0.717, 1.165) is 0 Å². The van der Waals surface area contributed by atoms with Crippen molar-refractivity contribution in [3.8, 4) is 0 Å². The van der Waals surface area contributed by atoms with Crippen molar-refractivity contribution >= 4 is 23.4 Å². The number of nitrogens with one attached hydrogen (secondary N) is 1. The Balaban J connectivity index is 2.16. The number of rotatable bonds is 8. The average molecular weight is 362 g/mol. The number of hydrogen-bond acceptors (Lipinski definition) is 7. The Bertz CT molecular complexity index is 644. The Morgan fingerprint density at radius 1 is 1.08 bits per heavy atom. The summed E-state index contributed by atoms with van der Waals surface area (Å²) in [6.07, 6.45) is -0.0228. The molecule has 0 bridgehead atoms. The normalized spacial score (nSPS) is 20.4. The Hall–Kier alpha value is -2.41. The lowest BCUT2D eigenvalue weighted by molar-refractivity contribution is -0.151. The molecule has 142 valence electrons. The maximum atomic E-state index is 12.8. The molecule has 1 saturated heterocycles. The van der Waals surface area contributed by atoms with E-state index in [1.165, 1.54) is 0 Å². The Morgan fingerprint density at radius 3 is 2.31 bits per heavy atom. The number of carbonyl (C=O) groups is 3. The van der Waals surface area contributed by atoms with Crippen LogP contribution in [0.15, 0.2) is 24.3 Å². The molecule has 1 aliphatic heterocycles. The van der Waals surface area contributed by atoms with E-state index in [-0.39, 0.29) is 31.4 Å². The first-order valence-electron chi connectivity index (χ1n) is 8.90. The minimum Gasteiger partial charge on any atom is -0.466 e.